The second-order valence-corrected chi connectivity index (χ2v) is 10.1. The number of esters is 1. The number of hydrogen-bond acceptors (Lipinski definition) is 7. The van der Waals surface area contributed by atoms with Gasteiger partial charge in [0.25, 0.3) is 6.47 Å². The Morgan fingerprint density at radius 2 is 1.70 bits per heavy atom. The fourth-order valence-corrected chi connectivity index (χ4v) is 5.31. The smallest absolute Gasteiger partial charge is 0.303 e. The Kier molecular flexibility index (Phi) is 10.0. The van der Waals surface area contributed by atoms with Crippen LogP contribution in [0.4, 0.5) is 0 Å². The average Bonchev–Trinajstić information content (AvgIpc) is 2.77. The number of ketones is 1. The van der Waals surface area contributed by atoms with E-state index in [9.17, 15) is 22.8 Å². The third-order valence-corrected chi connectivity index (χ3v) is 7.38. The highest BCUT2D eigenvalue weighted by Crippen LogP contribution is 2.34. The molecule has 0 N–H and O–H groups in total. The van der Waals surface area contributed by atoms with Crippen LogP contribution in [0, 0.1) is 0 Å². The van der Waals surface area contributed by atoms with E-state index in [1.165, 1.54) is 37.3 Å². The summed E-state index contributed by atoms with van der Waals surface area (Å²) < 4.78 is 36.4. The van der Waals surface area contributed by atoms with Crippen LogP contribution in [0.2, 0.25) is 0 Å². The fraction of sp³-hybridized carbons (Fsp3) is 0.480. The van der Waals surface area contributed by atoms with Crippen LogP contribution in [0.15, 0.2) is 58.4 Å². The molecule has 0 spiro atoms. The lowest BCUT2D eigenvalue weighted by Gasteiger charge is -2.31. The normalized spacial score (nSPS) is 19.0. The zero-order valence-corrected chi connectivity index (χ0v) is 20.0. The molecular formula is C25H32O7S. The Morgan fingerprint density at radius 3 is 2.33 bits per heavy atom. The Hall–Kier alpha value is -2.74. The van der Waals surface area contributed by atoms with Gasteiger partial charge in [-0.3, -0.25) is 14.4 Å². The van der Waals surface area contributed by atoms with Crippen molar-refractivity contribution in [3.63, 3.8) is 0 Å². The van der Waals surface area contributed by atoms with Crippen molar-refractivity contribution in [2.45, 2.75) is 81.8 Å². The first kappa shape index (κ1) is 26.5. The summed E-state index contributed by atoms with van der Waals surface area (Å²) in [7, 11) is -4.04. The molecule has 2 rings (SSSR count). The molecule has 1 aliphatic carbocycles. The number of unbranched alkanes of at least 4 members (excludes halogenated alkanes) is 5. The van der Waals surface area contributed by atoms with Gasteiger partial charge in [-0.25, -0.2) is 8.42 Å². The summed E-state index contributed by atoms with van der Waals surface area (Å²) in [5, 5.41) is 0. The molecule has 0 radical (unpaired) electrons. The molecule has 1 aliphatic rings. The van der Waals surface area contributed by atoms with Gasteiger partial charge in [-0.2, -0.15) is 0 Å². The van der Waals surface area contributed by atoms with Crippen molar-refractivity contribution in [2.75, 3.05) is 0 Å². The minimum absolute atomic E-state index is 0.0180. The van der Waals surface area contributed by atoms with Crippen LogP contribution in [0.5, 0.6) is 0 Å². The van der Waals surface area contributed by atoms with E-state index in [4.69, 9.17) is 9.47 Å². The third-order valence-electron chi connectivity index (χ3n) is 5.59. The quantitative estimate of drug-likeness (QED) is 0.222. The van der Waals surface area contributed by atoms with Gasteiger partial charge in [0.15, 0.2) is 5.60 Å². The zero-order valence-electron chi connectivity index (χ0n) is 19.2. The Morgan fingerprint density at radius 1 is 1.06 bits per heavy atom. The van der Waals surface area contributed by atoms with Gasteiger partial charge in [0.1, 0.15) is 4.91 Å². The van der Waals surface area contributed by atoms with Crippen LogP contribution in [0.3, 0.4) is 0 Å². The first-order valence-electron chi connectivity index (χ1n) is 11.3. The Balaban J connectivity index is 1.97. The Bertz CT molecular complexity index is 979. The lowest BCUT2D eigenvalue weighted by molar-refractivity contribution is -0.159. The number of allylic oxidation sites excluding steroid dienone is 2. The van der Waals surface area contributed by atoms with E-state index in [1.54, 1.807) is 18.2 Å². The predicted octanol–water partition coefficient (Wildman–Crippen LogP) is 4.47. The summed E-state index contributed by atoms with van der Waals surface area (Å²) in [5.74, 6) is -1.36. The summed E-state index contributed by atoms with van der Waals surface area (Å²) in [6.07, 6.45) is 10.5. The highest BCUT2D eigenvalue weighted by atomic mass is 32.2. The average molecular weight is 477 g/mol. The van der Waals surface area contributed by atoms with Crippen molar-refractivity contribution in [3.8, 4) is 0 Å². The lowest BCUT2D eigenvalue weighted by atomic mass is 9.87. The van der Waals surface area contributed by atoms with Crippen molar-refractivity contribution in [3.05, 3.63) is 53.5 Å². The first-order chi connectivity index (χ1) is 15.7. The van der Waals surface area contributed by atoms with Gasteiger partial charge >= 0.3 is 5.97 Å². The molecule has 8 heteroatoms. The SMILES string of the molecule is CC(=O)OC1(CCCCCCCCC(C)OC=O)C=CC=C(S(=O)(=O)c2ccccc2)C1=O. The molecule has 2 atom stereocenters. The maximum Gasteiger partial charge on any atom is 0.303 e. The summed E-state index contributed by atoms with van der Waals surface area (Å²) in [6.45, 7) is 3.54. The first-order valence-corrected chi connectivity index (χ1v) is 12.7. The molecule has 1 aromatic rings. The summed E-state index contributed by atoms with van der Waals surface area (Å²) >= 11 is 0. The number of carbonyl (C=O) groups is 3. The standard InChI is InChI=1S/C25H32O7S/c1-20(31-19-26)13-8-5-3-4-6-11-17-25(32-21(2)27)18-12-16-23(24(25)28)33(29,30)22-14-9-7-10-15-22/h7,9-10,12,14-16,18-20H,3-6,8,11,13,17H2,1-2H3. The van der Waals surface area contributed by atoms with Crippen molar-refractivity contribution in [1.82, 2.24) is 0 Å². The number of ether oxygens (including phenoxy) is 2. The van der Waals surface area contributed by atoms with E-state index in [-0.39, 0.29) is 22.3 Å². The predicted molar refractivity (Wildman–Crippen MR) is 124 cm³/mol. The number of hydrogen-bond donors (Lipinski definition) is 0. The van der Waals surface area contributed by atoms with Gasteiger partial charge in [-0.1, -0.05) is 50.0 Å². The molecule has 0 amide bonds. The second kappa shape index (κ2) is 12.5. The van der Waals surface area contributed by atoms with Crippen molar-refractivity contribution in [2.24, 2.45) is 0 Å². The van der Waals surface area contributed by atoms with Crippen LogP contribution in [-0.4, -0.2) is 38.3 Å². The molecule has 0 saturated heterocycles. The minimum atomic E-state index is -4.04. The van der Waals surface area contributed by atoms with Gasteiger partial charge < -0.3 is 9.47 Å². The van der Waals surface area contributed by atoms with Gasteiger partial charge in [0, 0.05) is 6.92 Å². The molecule has 0 bridgehead atoms. The summed E-state index contributed by atoms with van der Waals surface area (Å²) in [6, 6.07) is 7.73. The molecule has 33 heavy (non-hydrogen) atoms. The third kappa shape index (κ3) is 7.39. The molecule has 0 fully saturated rings. The van der Waals surface area contributed by atoms with Gasteiger partial charge in [-0.05, 0) is 56.9 Å². The number of rotatable bonds is 14. The van der Waals surface area contributed by atoms with Crippen LogP contribution in [0.1, 0.15) is 65.2 Å². The van der Waals surface area contributed by atoms with Crippen LogP contribution >= 0.6 is 0 Å². The molecule has 2 unspecified atom stereocenters. The maximum atomic E-state index is 13.3. The van der Waals surface area contributed by atoms with Gasteiger partial charge in [0.2, 0.25) is 15.6 Å². The fourth-order valence-electron chi connectivity index (χ4n) is 3.86. The van der Waals surface area contributed by atoms with Crippen LogP contribution < -0.4 is 0 Å². The van der Waals surface area contributed by atoms with E-state index in [1.807, 2.05) is 6.92 Å². The van der Waals surface area contributed by atoms with Gasteiger partial charge in [0.05, 0.1) is 11.0 Å². The highest BCUT2D eigenvalue weighted by molar-refractivity contribution is 7.96. The molecule has 0 heterocycles. The number of carbonyl (C=O) groups excluding carboxylic acids is 3. The van der Waals surface area contributed by atoms with Gasteiger partial charge in [-0.15, -0.1) is 0 Å². The monoisotopic (exact) mass is 476 g/mol. The molecule has 180 valence electrons. The van der Waals surface area contributed by atoms with E-state index in [2.05, 4.69) is 0 Å². The van der Waals surface area contributed by atoms with Crippen molar-refractivity contribution < 1.29 is 32.3 Å². The molecule has 0 aliphatic heterocycles. The second-order valence-electron chi connectivity index (χ2n) is 8.22. The molecule has 1 aromatic carbocycles. The highest BCUT2D eigenvalue weighted by Gasteiger charge is 2.45. The minimum Gasteiger partial charge on any atom is -0.465 e. The molecular weight excluding hydrogens is 444 g/mol. The topological polar surface area (TPSA) is 104 Å². The van der Waals surface area contributed by atoms with Crippen molar-refractivity contribution in [1.29, 1.82) is 0 Å². The summed E-state index contributed by atoms with van der Waals surface area (Å²) in [5.41, 5.74) is -1.61. The molecule has 7 nitrogen and oxygen atoms in total. The zero-order chi connectivity index (χ0) is 24.3. The number of Topliss-reactive ketones (excluding diaryl/α,β-unsaturated/α-hetero) is 1. The maximum absolute atomic E-state index is 13.3. The number of sulfone groups is 1. The van der Waals surface area contributed by atoms with E-state index in [0.29, 0.717) is 12.9 Å². The lowest BCUT2D eigenvalue weighted by Crippen LogP contribution is -2.44. The summed E-state index contributed by atoms with van der Waals surface area (Å²) in [4.78, 5) is 35.0. The van der Waals surface area contributed by atoms with Crippen molar-refractivity contribution >= 4 is 28.1 Å². The Labute approximate surface area is 195 Å². The van der Waals surface area contributed by atoms with Crippen LogP contribution in [-0.2, 0) is 33.7 Å². The van der Waals surface area contributed by atoms with E-state index < -0.39 is 27.2 Å². The van der Waals surface area contributed by atoms with E-state index >= 15 is 0 Å². The molecule has 0 saturated carbocycles. The number of benzene rings is 1. The van der Waals surface area contributed by atoms with Crippen LogP contribution in [0.25, 0.3) is 0 Å². The van der Waals surface area contributed by atoms with E-state index in [0.717, 1.165) is 38.5 Å². The molecule has 0 aromatic heterocycles. The largest absolute Gasteiger partial charge is 0.465 e.